The molecule has 0 saturated heterocycles. The summed E-state index contributed by atoms with van der Waals surface area (Å²) in [5.41, 5.74) is 7.35. The molecule has 32 heavy (non-hydrogen) atoms. The molecule has 8 heteroatoms. The summed E-state index contributed by atoms with van der Waals surface area (Å²) in [5, 5.41) is 20.8. The van der Waals surface area contributed by atoms with Gasteiger partial charge in [-0.25, -0.2) is 4.99 Å². The zero-order valence-corrected chi connectivity index (χ0v) is 17.6. The number of benzene rings is 3. The van der Waals surface area contributed by atoms with Crippen LogP contribution in [-0.2, 0) is 0 Å². The van der Waals surface area contributed by atoms with Crippen molar-refractivity contribution in [1.82, 2.24) is 10.9 Å². The van der Waals surface area contributed by atoms with Gasteiger partial charge in [-0.05, 0) is 41.8 Å². The maximum atomic E-state index is 12.5. The van der Waals surface area contributed by atoms with Crippen molar-refractivity contribution in [1.29, 1.82) is 0 Å². The van der Waals surface area contributed by atoms with Gasteiger partial charge in [-0.15, -0.1) is 0 Å². The third kappa shape index (κ3) is 4.44. The van der Waals surface area contributed by atoms with Crippen LogP contribution in [0.15, 0.2) is 65.7 Å². The third-order valence-electron chi connectivity index (χ3n) is 4.95. The van der Waals surface area contributed by atoms with Crippen molar-refractivity contribution in [2.45, 2.75) is 19.8 Å². The van der Waals surface area contributed by atoms with E-state index in [0.29, 0.717) is 33.9 Å². The van der Waals surface area contributed by atoms with Crippen molar-refractivity contribution < 1.29 is 24.5 Å². The van der Waals surface area contributed by atoms with Crippen LogP contribution < -0.4 is 20.3 Å². The van der Waals surface area contributed by atoms with Gasteiger partial charge in [0.05, 0.1) is 11.3 Å². The lowest BCUT2D eigenvalue weighted by Crippen LogP contribution is -2.42. The van der Waals surface area contributed by atoms with Crippen LogP contribution in [0, 0.1) is 0 Å². The van der Waals surface area contributed by atoms with E-state index in [1.165, 1.54) is 6.07 Å². The van der Waals surface area contributed by atoms with Gasteiger partial charge in [-0.3, -0.25) is 15.6 Å². The maximum absolute atomic E-state index is 12.5. The summed E-state index contributed by atoms with van der Waals surface area (Å²) in [6.45, 7) is 3.99. The van der Waals surface area contributed by atoms with Crippen molar-refractivity contribution >= 4 is 17.4 Å². The van der Waals surface area contributed by atoms with E-state index in [-0.39, 0.29) is 36.0 Å². The number of nitrogens with one attached hydrogen (secondary N) is 2. The van der Waals surface area contributed by atoms with Crippen LogP contribution in [-0.4, -0.2) is 28.7 Å². The minimum atomic E-state index is -0.369. The number of phenolic OH excluding ortho intramolecular Hbond substituents is 2. The largest absolute Gasteiger partial charge is 0.508 e. The molecule has 4 rings (SSSR count). The lowest BCUT2D eigenvalue weighted by atomic mass is 9.98. The van der Waals surface area contributed by atoms with Crippen molar-refractivity contribution in [3.63, 3.8) is 0 Å². The molecule has 1 heterocycles. The van der Waals surface area contributed by atoms with Crippen LogP contribution in [0.3, 0.4) is 0 Å². The number of rotatable bonds is 4. The maximum Gasteiger partial charge on any atom is 0.269 e. The molecule has 0 saturated carbocycles. The third-order valence-corrected chi connectivity index (χ3v) is 4.95. The highest BCUT2D eigenvalue weighted by Crippen LogP contribution is 2.36. The first-order valence-corrected chi connectivity index (χ1v) is 10.1. The van der Waals surface area contributed by atoms with E-state index in [2.05, 4.69) is 15.8 Å². The summed E-state index contributed by atoms with van der Waals surface area (Å²) >= 11 is 0. The van der Waals surface area contributed by atoms with E-state index in [4.69, 9.17) is 9.47 Å². The Labute approximate surface area is 185 Å². The van der Waals surface area contributed by atoms with Crippen LogP contribution in [0.25, 0.3) is 0 Å². The number of carbonyl (C=O) groups is 1. The predicted octanol–water partition coefficient (Wildman–Crippen LogP) is 3.96. The van der Waals surface area contributed by atoms with Crippen molar-refractivity contribution in [2.24, 2.45) is 4.99 Å². The molecule has 0 fully saturated rings. The normalized spacial score (nSPS) is 12.7. The molecule has 1 aliphatic rings. The van der Waals surface area contributed by atoms with Gasteiger partial charge in [0.15, 0.2) is 17.3 Å². The summed E-state index contributed by atoms with van der Waals surface area (Å²) in [5.74, 6) is 0.783. The summed E-state index contributed by atoms with van der Waals surface area (Å²) in [6.07, 6.45) is 0. The Morgan fingerprint density at radius 2 is 1.69 bits per heavy atom. The standard InChI is InChI=1S/C24H23N3O5/c1-14(2)17-11-18(20(29)12-19(17)28)23(26-27-24(30)15-6-4-3-5-7-15)25-16-8-9-21-22(10-16)32-13-31-21/h3-12,14,28-29H,13H2,1-2H3,(H,25,26)(H,27,30). The van der Waals surface area contributed by atoms with Crippen molar-refractivity contribution in [3.05, 3.63) is 77.4 Å². The molecule has 0 unspecified atom stereocenters. The van der Waals surface area contributed by atoms with Crippen molar-refractivity contribution in [2.75, 3.05) is 6.79 Å². The zero-order chi connectivity index (χ0) is 22.7. The molecule has 164 valence electrons. The van der Waals surface area contributed by atoms with Gasteiger partial charge in [-0.2, -0.15) is 0 Å². The van der Waals surface area contributed by atoms with Crippen LogP contribution in [0.1, 0.15) is 41.3 Å². The number of hydrogen-bond acceptors (Lipinski definition) is 6. The summed E-state index contributed by atoms with van der Waals surface area (Å²) in [7, 11) is 0. The minimum Gasteiger partial charge on any atom is -0.508 e. The average molecular weight is 433 g/mol. The zero-order valence-electron chi connectivity index (χ0n) is 17.6. The van der Waals surface area contributed by atoms with Crippen molar-refractivity contribution in [3.8, 4) is 23.0 Å². The number of ether oxygens (including phenoxy) is 2. The Kier molecular flexibility index (Phi) is 5.85. The molecule has 0 radical (unpaired) electrons. The van der Waals surface area contributed by atoms with Crippen LogP contribution in [0.5, 0.6) is 23.0 Å². The summed E-state index contributed by atoms with van der Waals surface area (Å²) < 4.78 is 10.7. The summed E-state index contributed by atoms with van der Waals surface area (Å²) in [6, 6.07) is 16.8. The predicted molar refractivity (Wildman–Crippen MR) is 120 cm³/mol. The number of hydrazine groups is 1. The first-order valence-electron chi connectivity index (χ1n) is 10.1. The van der Waals surface area contributed by atoms with E-state index < -0.39 is 0 Å². The smallest absolute Gasteiger partial charge is 0.269 e. The Bertz CT molecular complexity index is 1180. The molecule has 8 nitrogen and oxygen atoms in total. The van der Waals surface area contributed by atoms with Gasteiger partial charge in [0.1, 0.15) is 11.5 Å². The second-order valence-corrected chi connectivity index (χ2v) is 7.53. The number of amides is 1. The highest BCUT2D eigenvalue weighted by atomic mass is 16.7. The van der Waals surface area contributed by atoms with E-state index in [1.807, 2.05) is 19.9 Å². The molecule has 0 aromatic heterocycles. The molecule has 0 spiro atoms. The first-order chi connectivity index (χ1) is 15.4. The van der Waals surface area contributed by atoms with Gasteiger partial charge < -0.3 is 19.7 Å². The van der Waals surface area contributed by atoms with Crippen LogP contribution in [0.2, 0.25) is 0 Å². The lowest BCUT2D eigenvalue weighted by Gasteiger charge is -2.16. The average Bonchev–Trinajstić information content (AvgIpc) is 3.25. The molecule has 1 amide bonds. The number of hydrogen-bond donors (Lipinski definition) is 4. The fourth-order valence-corrected chi connectivity index (χ4v) is 3.26. The summed E-state index contributed by atoms with van der Waals surface area (Å²) in [4.78, 5) is 17.1. The molecule has 4 N–H and O–H groups in total. The van der Waals surface area contributed by atoms with E-state index >= 15 is 0 Å². The fourth-order valence-electron chi connectivity index (χ4n) is 3.26. The molecule has 3 aromatic rings. The minimum absolute atomic E-state index is 0.0000492. The highest BCUT2D eigenvalue weighted by molar-refractivity contribution is 6.04. The molecule has 0 aliphatic carbocycles. The lowest BCUT2D eigenvalue weighted by molar-refractivity contribution is 0.0944. The Hall–Kier alpha value is -4.20. The number of aliphatic imine (C=N–C) groups is 1. The fraction of sp³-hybridized carbons (Fsp3) is 0.167. The van der Waals surface area contributed by atoms with Gasteiger partial charge in [0.2, 0.25) is 6.79 Å². The number of phenols is 2. The Morgan fingerprint density at radius 1 is 0.938 bits per heavy atom. The van der Waals surface area contributed by atoms with Gasteiger partial charge in [0.25, 0.3) is 5.91 Å². The molecular formula is C24H23N3O5. The SMILES string of the molecule is CC(C)c1cc(C(=Nc2ccc3c(c2)OCO3)NNC(=O)c2ccccc2)c(O)cc1O. The van der Waals surface area contributed by atoms with Gasteiger partial charge in [-0.1, -0.05) is 32.0 Å². The first kappa shape index (κ1) is 21.0. The molecule has 3 aromatic carbocycles. The van der Waals surface area contributed by atoms with Crippen LogP contribution >= 0.6 is 0 Å². The monoisotopic (exact) mass is 433 g/mol. The highest BCUT2D eigenvalue weighted by Gasteiger charge is 2.18. The topological polar surface area (TPSA) is 112 Å². The van der Waals surface area contributed by atoms with Gasteiger partial charge >= 0.3 is 0 Å². The number of fused-ring (bicyclic) bond motifs is 1. The number of aromatic hydroxyl groups is 2. The number of carbonyl (C=O) groups excluding carboxylic acids is 1. The van der Waals surface area contributed by atoms with E-state index in [1.54, 1.807) is 48.5 Å². The Balaban J connectivity index is 1.71. The van der Waals surface area contributed by atoms with E-state index in [9.17, 15) is 15.0 Å². The number of nitrogens with zero attached hydrogens (tertiary/aromatic N) is 1. The molecule has 0 bridgehead atoms. The second-order valence-electron chi connectivity index (χ2n) is 7.53. The van der Waals surface area contributed by atoms with Crippen LogP contribution in [0.4, 0.5) is 5.69 Å². The molecule has 1 aliphatic heterocycles. The van der Waals surface area contributed by atoms with E-state index in [0.717, 1.165) is 0 Å². The molecular weight excluding hydrogens is 410 g/mol. The quantitative estimate of drug-likeness (QED) is 0.281. The molecule has 0 atom stereocenters. The number of amidine groups is 1. The Morgan fingerprint density at radius 3 is 2.44 bits per heavy atom. The van der Waals surface area contributed by atoms with Gasteiger partial charge in [0, 0.05) is 17.7 Å². The second kappa shape index (κ2) is 8.89.